The summed E-state index contributed by atoms with van der Waals surface area (Å²) in [5.74, 6) is 4.06. The van der Waals surface area contributed by atoms with Gasteiger partial charge in [-0.25, -0.2) is 4.42 Å². The molecule has 6 heterocycles. The van der Waals surface area contributed by atoms with E-state index in [0.717, 1.165) is 51.8 Å². The Labute approximate surface area is 724 Å². The Morgan fingerprint density at radius 1 is 0.317 bits per heavy atom. The van der Waals surface area contributed by atoms with E-state index in [1.807, 2.05) is 133 Å². The molecule has 12 aromatic carbocycles. The minimum Gasteiger partial charge on any atom is -1.00 e. The van der Waals surface area contributed by atoms with Crippen molar-refractivity contribution in [2.45, 2.75) is 25.0 Å². The highest BCUT2D eigenvalue weighted by molar-refractivity contribution is 6.04. The van der Waals surface area contributed by atoms with E-state index in [0.29, 0.717) is 84.5 Å². The molecule has 0 saturated carbocycles. The highest BCUT2D eigenvalue weighted by Gasteiger charge is 2.33. The quantitative estimate of drug-likeness (QED) is 0.0469. The van der Waals surface area contributed by atoms with Gasteiger partial charge in [-0.15, -0.1) is 0 Å². The zero-order chi connectivity index (χ0) is 88.7. The van der Waals surface area contributed by atoms with Crippen molar-refractivity contribution in [3.05, 3.63) is 314 Å². The summed E-state index contributed by atoms with van der Waals surface area (Å²) in [6, 6.07) is 72.9. The molecule has 0 spiro atoms. The van der Waals surface area contributed by atoms with Crippen LogP contribution in [0.1, 0.15) is 56.9 Å². The van der Waals surface area contributed by atoms with Gasteiger partial charge < -0.3 is 114 Å². The molecule has 2 atom stereocenters. The minimum absolute atomic E-state index is 0. The summed E-state index contributed by atoms with van der Waals surface area (Å²) in [5.41, 5.74) is 6.13. The Morgan fingerprint density at radius 3 is 1.25 bits per heavy atom. The molecule has 27 nitrogen and oxygen atoms in total. The maximum Gasteiger partial charge on any atom is 0.402 e. The van der Waals surface area contributed by atoms with Crippen molar-refractivity contribution < 1.29 is 128 Å². The van der Waals surface area contributed by atoms with E-state index in [-0.39, 0.29) is 162 Å². The monoisotopic (exact) mass is 1720 g/mol. The smallest absolute Gasteiger partial charge is 0.402 e. The van der Waals surface area contributed by atoms with E-state index < -0.39 is 0 Å². The second kappa shape index (κ2) is 39.9. The van der Waals surface area contributed by atoms with Gasteiger partial charge in [-0.05, 0) is 59.7 Å². The first-order valence-electron chi connectivity index (χ1n) is 38.3. The summed E-state index contributed by atoms with van der Waals surface area (Å²) in [6.07, 6.45) is -0.421. The second-order valence-electron chi connectivity index (χ2n) is 27.7. The van der Waals surface area contributed by atoms with Gasteiger partial charge in [-0.3, -0.25) is 24.0 Å². The summed E-state index contributed by atoms with van der Waals surface area (Å²) in [6.45, 7) is 0. The van der Waals surface area contributed by atoms with Crippen LogP contribution in [0, 0.1) is 0 Å². The minimum atomic E-state index is -0.387. The molecule has 16 aromatic rings. The molecule has 28 heteroatoms. The van der Waals surface area contributed by atoms with E-state index >= 15 is 0 Å². The molecule has 642 valence electrons. The molecule has 0 aliphatic carbocycles. The summed E-state index contributed by atoms with van der Waals surface area (Å²) in [5, 5.41) is 78.9. The van der Waals surface area contributed by atoms with E-state index in [2.05, 4.69) is 0 Å². The standard InChI is InChI=1S/C19H18O6.C17H14O4.C16H12O6.C16H12O3.2C15H12O4.ClH/c1-21-12-7-5-11(6-8-12)14-9-13(20)17-15(25-14)10-16(22-2)18(23-3)19(17)24-4;1-19-12-8-15(20-2)17-13(18)10-14(21-16(17)9-12)11-6-4-3-5-7-11;1-21-15-4-8(2-3-11(15)18)16-13(20)7-10-12(19)5-9(17)6-14(10)22-16;1-18-12-7-8-13-14(17)10-15(19-16(13)9-12)11-5-3-2-4-6-11;2*16-10-6-11(17)15-12(18)8-13(19-14(15)7-10)9-4-2-1-3-5-9;/h5-10H,1-4H3;3-10H,1-2H3;2-7H,1H3,(H3-,17,18,19,20);2-10H,1H3;2*1-7,13,16-17H,8H2;1H. The number of ketones is 2. The molecule has 2 unspecified atom stereocenters. The lowest BCUT2D eigenvalue weighted by Gasteiger charge is -2.26. The van der Waals surface area contributed by atoms with Crippen LogP contribution in [-0.4, -0.2) is 109 Å². The first kappa shape index (κ1) is 89.0. The van der Waals surface area contributed by atoms with Crippen LogP contribution >= 0.6 is 0 Å². The van der Waals surface area contributed by atoms with Gasteiger partial charge >= 0.3 is 11.3 Å². The maximum atomic E-state index is 12.7. The number of hydrogen-bond acceptors (Lipinski definition) is 26. The molecule has 126 heavy (non-hydrogen) atoms. The Kier molecular flexibility index (Phi) is 28.2. The van der Waals surface area contributed by atoms with Crippen molar-refractivity contribution in [3.63, 3.8) is 0 Å². The van der Waals surface area contributed by atoms with Crippen molar-refractivity contribution in [3.8, 4) is 149 Å². The van der Waals surface area contributed by atoms with Gasteiger partial charge in [-0.2, -0.15) is 0 Å². The largest absolute Gasteiger partial charge is 1.00 e. The summed E-state index contributed by atoms with van der Waals surface area (Å²) >= 11 is 0. The topological polar surface area (TPSA) is 390 Å². The lowest BCUT2D eigenvalue weighted by atomic mass is 9.95. The molecule has 2 aliphatic heterocycles. The number of fused-ring (bicyclic) bond motifs is 6. The van der Waals surface area contributed by atoms with Gasteiger partial charge in [0.05, 0.1) is 86.7 Å². The van der Waals surface area contributed by atoms with Crippen molar-refractivity contribution in [2.24, 2.45) is 0 Å². The first-order valence-corrected chi connectivity index (χ1v) is 38.3. The van der Waals surface area contributed by atoms with Crippen molar-refractivity contribution in [1.82, 2.24) is 0 Å². The zero-order valence-electron chi connectivity index (χ0n) is 68.6. The average Bonchev–Trinajstić information content (AvgIpc) is 0.759. The normalized spacial score (nSPS) is 12.7. The van der Waals surface area contributed by atoms with Crippen LogP contribution in [0.25, 0.3) is 89.2 Å². The number of phenolic OH excluding ortho intramolecular Hbond substituents is 7. The Morgan fingerprint density at radius 2 is 0.754 bits per heavy atom. The predicted octanol–water partition coefficient (Wildman–Crippen LogP) is 16.3. The third-order valence-electron chi connectivity index (χ3n) is 19.8. The van der Waals surface area contributed by atoms with E-state index in [9.17, 15) is 64.8 Å². The van der Waals surface area contributed by atoms with Gasteiger partial charge in [0.1, 0.15) is 143 Å². The molecule has 0 fully saturated rings. The molecule has 8 N–H and O–H groups in total. The molecule has 2 aliphatic rings. The second-order valence-corrected chi connectivity index (χ2v) is 27.7. The maximum absolute atomic E-state index is 12.7. The number of halogens is 1. The molecule has 4 aromatic heterocycles. The van der Waals surface area contributed by atoms with Crippen LogP contribution in [0.4, 0.5) is 0 Å². The van der Waals surface area contributed by atoms with Crippen LogP contribution in [-0.2, 0) is 0 Å². The average molecular weight is 1730 g/mol. The van der Waals surface area contributed by atoms with Gasteiger partial charge in [0, 0.05) is 102 Å². The van der Waals surface area contributed by atoms with E-state index in [1.165, 1.54) is 90.1 Å². The van der Waals surface area contributed by atoms with Crippen LogP contribution in [0.3, 0.4) is 0 Å². The number of carbonyl (C=O) groups is 2. The predicted molar refractivity (Wildman–Crippen MR) is 466 cm³/mol. The highest BCUT2D eigenvalue weighted by atomic mass is 35.5. The van der Waals surface area contributed by atoms with Gasteiger partial charge in [0.2, 0.25) is 11.5 Å². The molecule has 0 amide bonds. The number of Topliss-reactive ketones (excluding diaryl/α,β-unsaturated/α-hetero) is 2. The zero-order valence-corrected chi connectivity index (χ0v) is 69.4. The fourth-order valence-corrected chi connectivity index (χ4v) is 13.7. The lowest BCUT2D eigenvalue weighted by Crippen LogP contribution is -3.00. The number of rotatable bonds is 14. The number of carbonyl (C=O) groups excluding carboxylic acids is 2. The van der Waals surface area contributed by atoms with Gasteiger partial charge in [0.25, 0.3) is 0 Å². The highest BCUT2D eigenvalue weighted by Crippen LogP contribution is 2.47. The van der Waals surface area contributed by atoms with Crippen molar-refractivity contribution in [2.75, 3.05) is 56.9 Å². The molecular formula is C98H81ClO27. The number of ether oxygens (including phenoxy) is 10. The van der Waals surface area contributed by atoms with Crippen LogP contribution < -0.4 is 76.1 Å². The number of benzene rings is 12. The molecular weight excluding hydrogens is 1640 g/mol. The number of methoxy groups -OCH3 is 8. The van der Waals surface area contributed by atoms with Gasteiger partial charge in [0.15, 0.2) is 50.9 Å². The summed E-state index contributed by atoms with van der Waals surface area (Å²) in [7, 11) is 12.1. The van der Waals surface area contributed by atoms with Crippen LogP contribution in [0.2, 0.25) is 0 Å². The summed E-state index contributed by atoms with van der Waals surface area (Å²) in [4.78, 5) is 61.3. The Hall–Kier alpha value is -16.3. The third-order valence-corrected chi connectivity index (χ3v) is 19.8. The number of hydrogen-bond donors (Lipinski definition) is 8. The van der Waals surface area contributed by atoms with Gasteiger partial charge in [-0.1, -0.05) is 121 Å². The van der Waals surface area contributed by atoms with Crippen molar-refractivity contribution >= 4 is 55.4 Å². The van der Waals surface area contributed by atoms with Crippen LogP contribution in [0.5, 0.6) is 103 Å². The van der Waals surface area contributed by atoms with E-state index in [1.54, 1.807) is 75.9 Å². The molecule has 0 radical (unpaired) electrons. The van der Waals surface area contributed by atoms with Crippen LogP contribution in [0.15, 0.2) is 293 Å². The number of phenols is 7. The fourth-order valence-electron chi connectivity index (χ4n) is 13.7. The molecule has 18 rings (SSSR count). The Balaban J connectivity index is 0.000000138. The third kappa shape index (κ3) is 20.0. The Bertz CT molecular complexity index is 6710. The summed E-state index contributed by atoms with van der Waals surface area (Å²) < 4.78 is 76.3. The van der Waals surface area contributed by atoms with Crippen molar-refractivity contribution in [1.29, 1.82) is 0 Å². The fraction of sp³-hybridized carbons (Fsp3) is 0.122. The SMILES string of the molecule is COc1cc(-c2[o+]c3cc(O)cc(O)c3cc2O)ccc1O.COc1cc(OC)c2c(=O)cc(-c3ccccc3)oc2c1.COc1ccc(-c2cc(=O)c3c(OC)c(OC)c(OC)cc3o2)cc1.COc1ccc2c(=O)cc(-c3ccccc3)oc2c1.O=C1CC(c2ccccc2)Oc2cc(O)cc(O)c21.O=C1CC(c2ccccc2)Oc2cc(O)cc(O)c21.[Cl-]. The lowest BCUT2D eigenvalue weighted by molar-refractivity contribution is -0.0000584. The number of aromatic hydroxyl groups is 8. The van der Waals surface area contributed by atoms with E-state index in [4.69, 9.17) is 65.0 Å². The first-order chi connectivity index (χ1) is 60.4. The molecule has 0 bridgehead atoms. The molecule has 0 saturated heterocycles.